The fourth-order valence-corrected chi connectivity index (χ4v) is 6.35. The molecule has 46 heavy (non-hydrogen) atoms. The van der Waals surface area contributed by atoms with Crippen LogP contribution in [0.2, 0.25) is 0 Å². The largest absolute Gasteiger partial charge is 0.497 e. The van der Waals surface area contributed by atoms with Gasteiger partial charge in [-0.3, -0.25) is 13.9 Å². The lowest BCUT2D eigenvalue weighted by molar-refractivity contribution is -0.140. The van der Waals surface area contributed by atoms with Crippen LogP contribution in [-0.4, -0.2) is 50.9 Å². The average Bonchev–Trinajstić information content (AvgIpc) is 3.06. The standard InChI is InChI=1S/C36H40FN3O5S/c1-5-27(3)38-36(42)34(23-28-10-7-6-8-11-28)39(24-29-12-9-13-32(22-29)45-4)35(41)25-40(31-18-14-26(2)15-19-31)46(43,44)33-20-16-30(37)17-21-33/h6-22,27,34H,5,23-25H2,1-4H3,(H,38,42). The number of amides is 2. The van der Waals surface area contributed by atoms with Crippen molar-refractivity contribution in [1.29, 1.82) is 0 Å². The number of aryl methyl sites for hydroxylation is 1. The number of sulfonamides is 1. The van der Waals surface area contributed by atoms with Gasteiger partial charge >= 0.3 is 0 Å². The number of hydrogen-bond acceptors (Lipinski definition) is 5. The molecule has 0 saturated carbocycles. The molecule has 0 aromatic heterocycles. The summed E-state index contributed by atoms with van der Waals surface area (Å²) in [6, 6.07) is 26.6. The van der Waals surface area contributed by atoms with Crippen molar-refractivity contribution in [2.75, 3.05) is 18.0 Å². The topological polar surface area (TPSA) is 96.0 Å². The quantitative estimate of drug-likeness (QED) is 0.185. The summed E-state index contributed by atoms with van der Waals surface area (Å²) < 4.78 is 48.3. The van der Waals surface area contributed by atoms with Crippen LogP contribution in [0.5, 0.6) is 5.75 Å². The Labute approximate surface area is 270 Å². The molecule has 0 spiro atoms. The van der Waals surface area contributed by atoms with Crippen LogP contribution in [0.4, 0.5) is 10.1 Å². The minimum absolute atomic E-state index is 0.0137. The summed E-state index contributed by atoms with van der Waals surface area (Å²) in [4.78, 5) is 29.7. The van der Waals surface area contributed by atoms with Gasteiger partial charge in [0.25, 0.3) is 10.0 Å². The van der Waals surface area contributed by atoms with Crippen molar-refractivity contribution in [2.45, 2.75) is 57.1 Å². The summed E-state index contributed by atoms with van der Waals surface area (Å²) in [7, 11) is -2.78. The Bertz CT molecular complexity index is 1720. The molecule has 10 heteroatoms. The van der Waals surface area contributed by atoms with Crippen molar-refractivity contribution in [3.63, 3.8) is 0 Å². The van der Waals surface area contributed by atoms with Gasteiger partial charge in [-0.25, -0.2) is 12.8 Å². The summed E-state index contributed by atoms with van der Waals surface area (Å²) in [6.07, 6.45) is 0.888. The number of carbonyl (C=O) groups is 2. The number of carbonyl (C=O) groups excluding carboxylic acids is 2. The zero-order valence-corrected chi connectivity index (χ0v) is 27.3. The van der Waals surface area contributed by atoms with Crippen LogP contribution in [0.3, 0.4) is 0 Å². The first kappa shape index (κ1) is 34.2. The minimum atomic E-state index is -4.33. The molecule has 0 bridgehead atoms. The second-order valence-corrected chi connectivity index (χ2v) is 13.1. The second kappa shape index (κ2) is 15.5. The van der Waals surface area contributed by atoms with Crippen molar-refractivity contribution in [2.24, 2.45) is 0 Å². The lowest BCUT2D eigenvalue weighted by atomic mass is 10.0. The van der Waals surface area contributed by atoms with Gasteiger partial charge in [0, 0.05) is 19.0 Å². The van der Waals surface area contributed by atoms with Gasteiger partial charge in [-0.05, 0) is 79.9 Å². The molecule has 2 atom stereocenters. The number of nitrogens with zero attached hydrogens (tertiary/aromatic N) is 2. The Hall–Kier alpha value is -4.70. The van der Waals surface area contributed by atoms with E-state index in [0.29, 0.717) is 17.7 Å². The van der Waals surface area contributed by atoms with Gasteiger partial charge < -0.3 is 15.0 Å². The van der Waals surface area contributed by atoms with Crippen LogP contribution in [0.1, 0.15) is 37.0 Å². The van der Waals surface area contributed by atoms with E-state index in [4.69, 9.17) is 4.74 Å². The Kier molecular flexibility index (Phi) is 11.5. The molecule has 0 heterocycles. The van der Waals surface area contributed by atoms with Crippen LogP contribution in [-0.2, 0) is 32.6 Å². The highest BCUT2D eigenvalue weighted by Gasteiger charge is 2.35. The molecular formula is C36H40FN3O5S. The highest BCUT2D eigenvalue weighted by atomic mass is 32.2. The maximum Gasteiger partial charge on any atom is 0.264 e. The minimum Gasteiger partial charge on any atom is -0.497 e. The molecule has 0 radical (unpaired) electrons. The predicted octanol–water partition coefficient (Wildman–Crippen LogP) is 5.89. The fourth-order valence-electron chi connectivity index (χ4n) is 4.94. The summed E-state index contributed by atoms with van der Waals surface area (Å²) in [5, 5.41) is 3.02. The first-order chi connectivity index (χ1) is 22.0. The zero-order valence-electron chi connectivity index (χ0n) is 26.5. The highest BCUT2D eigenvalue weighted by Crippen LogP contribution is 2.26. The number of ether oxygens (including phenoxy) is 1. The van der Waals surface area contributed by atoms with Gasteiger partial charge in [0.1, 0.15) is 24.2 Å². The molecular weight excluding hydrogens is 605 g/mol. The first-order valence-corrected chi connectivity index (χ1v) is 16.6. The maximum absolute atomic E-state index is 14.5. The summed E-state index contributed by atoms with van der Waals surface area (Å²) in [5.41, 5.74) is 2.70. The molecule has 0 fully saturated rings. The Morgan fingerprint density at radius 3 is 2.17 bits per heavy atom. The van der Waals surface area contributed by atoms with E-state index in [1.165, 1.54) is 17.0 Å². The third-order valence-corrected chi connectivity index (χ3v) is 9.55. The van der Waals surface area contributed by atoms with Gasteiger partial charge in [0.15, 0.2) is 0 Å². The molecule has 1 N–H and O–H groups in total. The fraction of sp³-hybridized carbons (Fsp3) is 0.278. The number of nitrogens with one attached hydrogen (secondary N) is 1. The van der Waals surface area contributed by atoms with Gasteiger partial charge in [0.2, 0.25) is 11.8 Å². The van der Waals surface area contributed by atoms with Crippen LogP contribution in [0.15, 0.2) is 108 Å². The molecule has 0 aliphatic carbocycles. The Balaban J connectivity index is 1.81. The third-order valence-electron chi connectivity index (χ3n) is 7.76. The van der Waals surface area contributed by atoms with E-state index in [9.17, 15) is 22.4 Å². The van der Waals surface area contributed by atoms with E-state index in [2.05, 4.69) is 5.32 Å². The first-order valence-electron chi connectivity index (χ1n) is 15.1. The van der Waals surface area contributed by atoms with Crippen molar-refractivity contribution in [3.8, 4) is 5.75 Å². The number of hydrogen-bond donors (Lipinski definition) is 1. The van der Waals surface area contributed by atoms with Crippen LogP contribution in [0.25, 0.3) is 0 Å². The van der Waals surface area contributed by atoms with E-state index in [0.717, 1.165) is 27.6 Å². The molecule has 242 valence electrons. The summed E-state index contributed by atoms with van der Waals surface area (Å²) >= 11 is 0. The van der Waals surface area contributed by atoms with Crippen LogP contribution in [0, 0.1) is 12.7 Å². The van der Waals surface area contributed by atoms with E-state index in [1.807, 2.05) is 57.2 Å². The lowest BCUT2D eigenvalue weighted by Crippen LogP contribution is -2.54. The molecule has 4 aromatic rings. The number of rotatable bonds is 14. The average molecular weight is 646 g/mol. The molecule has 8 nitrogen and oxygen atoms in total. The van der Waals surface area contributed by atoms with E-state index in [1.54, 1.807) is 49.6 Å². The van der Waals surface area contributed by atoms with Gasteiger partial charge in [0.05, 0.1) is 17.7 Å². The van der Waals surface area contributed by atoms with Crippen molar-refractivity contribution >= 4 is 27.5 Å². The number of halogens is 1. The Morgan fingerprint density at radius 2 is 1.54 bits per heavy atom. The lowest BCUT2D eigenvalue weighted by Gasteiger charge is -2.34. The predicted molar refractivity (Wildman–Crippen MR) is 177 cm³/mol. The van der Waals surface area contributed by atoms with Crippen LogP contribution >= 0.6 is 0 Å². The normalized spacial score (nSPS) is 12.5. The number of anilines is 1. The zero-order chi connectivity index (χ0) is 33.3. The highest BCUT2D eigenvalue weighted by molar-refractivity contribution is 7.92. The second-order valence-electron chi connectivity index (χ2n) is 11.2. The molecule has 0 aliphatic heterocycles. The molecule has 0 aliphatic rings. The molecule has 4 aromatic carbocycles. The Morgan fingerprint density at radius 1 is 0.891 bits per heavy atom. The summed E-state index contributed by atoms with van der Waals surface area (Å²) in [5.74, 6) is -0.946. The van der Waals surface area contributed by atoms with Crippen molar-refractivity contribution < 1.29 is 27.1 Å². The molecule has 2 unspecified atom stereocenters. The van der Waals surface area contributed by atoms with E-state index in [-0.39, 0.29) is 35.5 Å². The maximum atomic E-state index is 14.5. The SMILES string of the molecule is CCC(C)NC(=O)C(Cc1ccccc1)N(Cc1cccc(OC)c1)C(=O)CN(c1ccc(C)cc1)S(=O)(=O)c1ccc(F)cc1. The van der Waals surface area contributed by atoms with Crippen molar-refractivity contribution in [3.05, 3.63) is 126 Å². The molecule has 4 rings (SSSR count). The summed E-state index contributed by atoms with van der Waals surface area (Å²) in [6.45, 7) is 5.12. The van der Waals surface area contributed by atoms with E-state index < -0.39 is 34.3 Å². The monoisotopic (exact) mass is 645 g/mol. The van der Waals surface area contributed by atoms with Crippen LogP contribution < -0.4 is 14.4 Å². The number of benzene rings is 4. The van der Waals surface area contributed by atoms with Gasteiger partial charge in [-0.1, -0.05) is 67.1 Å². The van der Waals surface area contributed by atoms with E-state index >= 15 is 0 Å². The van der Waals surface area contributed by atoms with Crippen molar-refractivity contribution in [1.82, 2.24) is 10.2 Å². The number of methoxy groups -OCH3 is 1. The van der Waals surface area contributed by atoms with Gasteiger partial charge in [-0.15, -0.1) is 0 Å². The molecule has 0 saturated heterocycles. The third kappa shape index (κ3) is 8.72. The molecule has 2 amide bonds. The van der Waals surface area contributed by atoms with Gasteiger partial charge in [-0.2, -0.15) is 0 Å². The smallest absolute Gasteiger partial charge is 0.264 e.